The Kier molecular flexibility index (Phi) is 3.22. The standard InChI is InChI=1S/C14H18FNO2/c1-10-8-16(4-5-17-10)13-6-11-2-3-12(15)7-14(11)18-9-13/h2-3,7,10,13H,4-6,8-9H2,1H3. The first-order valence-corrected chi connectivity index (χ1v) is 6.49. The molecular weight excluding hydrogens is 233 g/mol. The van der Waals surface area contributed by atoms with Gasteiger partial charge in [-0.3, -0.25) is 4.90 Å². The average Bonchev–Trinajstić information content (AvgIpc) is 2.38. The largest absolute Gasteiger partial charge is 0.492 e. The molecule has 0 bridgehead atoms. The molecule has 3 nitrogen and oxygen atoms in total. The number of fused-ring (bicyclic) bond motifs is 1. The van der Waals surface area contributed by atoms with Crippen molar-refractivity contribution in [3.8, 4) is 5.75 Å². The Morgan fingerprint density at radius 3 is 3.11 bits per heavy atom. The van der Waals surface area contributed by atoms with Gasteiger partial charge in [0.15, 0.2) is 0 Å². The molecule has 0 N–H and O–H groups in total. The number of ether oxygens (including phenoxy) is 2. The van der Waals surface area contributed by atoms with Gasteiger partial charge >= 0.3 is 0 Å². The van der Waals surface area contributed by atoms with E-state index in [9.17, 15) is 4.39 Å². The lowest BCUT2D eigenvalue weighted by Gasteiger charge is -2.39. The maximum Gasteiger partial charge on any atom is 0.126 e. The van der Waals surface area contributed by atoms with E-state index in [2.05, 4.69) is 11.8 Å². The van der Waals surface area contributed by atoms with Gasteiger partial charge in [-0.1, -0.05) is 6.07 Å². The summed E-state index contributed by atoms with van der Waals surface area (Å²) in [6.45, 7) is 5.43. The van der Waals surface area contributed by atoms with E-state index in [1.807, 2.05) is 6.07 Å². The van der Waals surface area contributed by atoms with E-state index < -0.39 is 0 Å². The predicted molar refractivity (Wildman–Crippen MR) is 66.4 cm³/mol. The quantitative estimate of drug-likeness (QED) is 0.760. The van der Waals surface area contributed by atoms with Gasteiger partial charge in [-0.15, -0.1) is 0 Å². The lowest BCUT2D eigenvalue weighted by molar-refractivity contribution is -0.0425. The minimum absolute atomic E-state index is 0.229. The van der Waals surface area contributed by atoms with Gasteiger partial charge < -0.3 is 9.47 Å². The summed E-state index contributed by atoms with van der Waals surface area (Å²) < 4.78 is 24.3. The van der Waals surface area contributed by atoms with Crippen molar-refractivity contribution >= 4 is 0 Å². The molecule has 0 aromatic heterocycles. The lowest BCUT2D eigenvalue weighted by atomic mass is 10.0. The first kappa shape index (κ1) is 11.9. The van der Waals surface area contributed by atoms with Crippen LogP contribution in [-0.4, -0.2) is 43.3 Å². The van der Waals surface area contributed by atoms with Gasteiger partial charge in [0.25, 0.3) is 0 Å². The fourth-order valence-corrected chi connectivity index (χ4v) is 2.74. The third-order valence-electron chi connectivity index (χ3n) is 3.70. The second-order valence-corrected chi connectivity index (χ2v) is 5.10. The third kappa shape index (κ3) is 2.35. The number of halogens is 1. The van der Waals surface area contributed by atoms with Crippen molar-refractivity contribution in [3.63, 3.8) is 0 Å². The molecule has 1 saturated heterocycles. The second-order valence-electron chi connectivity index (χ2n) is 5.10. The van der Waals surface area contributed by atoms with Gasteiger partial charge in [-0.05, 0) is 25.0 Å². The summed E-state index contributed by atoms with van der Waals surface area (Å²) >= 11 is 0. The lowest BCUT2D eigenvalue weighted by Crippen LogP contribution is -2.50. The zero-order valence-electron chi connectivity index (χ0n) is 10.6. The van der Waals surface area contributed by atoms with Gasteiger partial charge in [0.2, 0.25) is 0 Å². The van der Waals surface area contributed by atoms with Crippen molar-refractivity contribution in [2.24, 2.45) is 0 Å². The number of nitrogens with zero attached hydrogens (tertiary/aromatic N) is 1. The van der Waals surface area contributed by atoms with Gasteiger partial charge in [0, 0.05) is 25.2 Å². The minimum atomic E-state index is -0.229. The molecule has 0 aliphatic carbocycles. The summed E-state index contributed by atoms with van der Waals surface area (Å²) in [5.41, 5.74) is 1.10. The fourth-order valence-electron chi connectivity index (χ4n) is 2.74. The summed E-state index contributed by atoms with van der Waals surface area (Å²) in [5.74, 6) is 0.472. The Hall–Kier alpha value is -1.13. The fraction of sp³-hybridized carbons (Fsp3) is 0.571. The third-order valence-corrected chi connectivity index (χ3v) is 3.70. The maximum atomic E-state index is 13.1. The molecule has 0 radical (unpaired) electrons. The summed E-state index contributed by atoms with van der Waals surface area (Å²) in [5, 5.41) is 0. The molecule has 1 fully saturated rings. The highest BCUT2D eigenvalue weighted by atomic mass is 19.1. The molecule has 2 heterocycles. The summed E-state index contributed by atoms with van der Waals surface area (Å²) in [4.78, 5) is 2.42. The zero-order chi connectivity index (χ0) is 12.5. The first-order valence-electron chi connectivity index (χ1n) is 6.49. The van der Waals surface area contributed by atoms with Crippen LogP contribution in [0.25, 0.3) is 0 Å². The van der Waals surface area contributed by atoms with Crippen LogP contribution >= 0.6 is 0 Å². The van der Waals surface area contributed by atoms with E-state index in [-0.39, 0.29) is 11.9 Å². The molecule has 0 saturated carbocycles. The van der Waals surface area contributed by atoms with E-state index >= 15 is 0 Å². The zero-order valence-corrected chi connectivity index (χ0v) is 10.6. The molecule has 0 spiro atoms. The highest BCUT2D eigenvalue weighted by Gasteiger charge is 2.28. The molecule has 98 valence electrons. The van der Waals surface area contributed by atoms with Crippen LogP contribution in [0.2, 0.25) is 0 Å². The average molecular weight is 251 g/mol. The van der Waals surface area contributed by atoms with E-state index in [4.69, 9.17) is 9.47 Å². The van der Waals surface area contributed by atoms with Crippen LogP contribution in [0.5, 0.6) is 5.75 Å². The Balaban J connectivity index is 1.72. The number of rotatable bonds is 1. The molecule has 2 atom stereocenters. The first-order chi connectivity index (χ1) is 8.72. The van der Waals surface area contributed by atoms with Crippen LogP contribution in [0.3, 0.4) is 0 Å². The number of benzene rings is 1. The van der Waals surface area contributed by atoms with E-state index in [0.717, 1.165) is 31.7 Å². The SMILES string of the molecule is CC1CN(C2COc3cc(F)ccc3C2)CCO1. The van der Waals surface area contributed by atoms with Crippen LogP contribution in [0.15, 0.2) is 18.2 Å². The molecular formula is C14H18FNO2. The Morgan fingerprint density at radius 1 is 1.39 bits per heavy atom. The van der Waals surface area contributed by atoms with Gasteiger partial charge in [0.05, 0.1) is 12.7 Å². The molecule has 4 heteroatoms. The molecule has 2 aliphatic rings. The number of hydrogen-bond donors (Lipinski definition) is 0. The summed E-state index contributed by atoms with van der Waals surface area (Å²) in [7, 11) is 0. The number of morpholine rings is 1. The van der Waals surface area contributed by atoms with E-state index in [1.165, 1.54) is 12.1 Å². The van der Waals surface area contributed by atoms with Crippen LogP contribution in [0.1, 0.15) is 12.5 Å². The molecule has 1 aromatic rings. The van der Waals surface area contributed by atoms with Gasteiger partial charge in [0.1, 0.15) is 18.2 Å². The summed E-state index contributed by atoms with van der Waals surface area (Å²) in [6, 6.07) is 5.20. The second kappa shape index (κ2) is 4.86. The summed E-state index contributed by atoms with van der Waals surface area (Å²) in [6.07, 6.45) is 1.22. The number of hydrogen-bond acceptors (Lipinski definition) is 3. The Bertz CT molecular complexity index is 438. The van der Waals surface area contributed by atoms with Crippen molar-refractivity contribution in [2.45, 2.75) is 25.5 Å². The molecule has 2 unspecified atom stereocenters. The smallest absolute Gasteiger partial charge is 0.126 e. The maximum absolute atomic E-state index is 13.1. The van der Waals surface area contributed by atoms with Crippen molar-refractivity contribution in [3.05, 3.63) is 29.6 Å². The molecule has 18 heavy (non-hydrogen) atoms. The van der Waals surface area contributed by atoms with Crippen molar-refractivity contribution in [1.29, 1.82) is 0 Å². The van der Waals surface area contributed by atoms with Gasteiger partial charge in [-0.25, -0.2) is 4.39 Å². The molecule has 1 aromatic carbocycles. The molecule has 3 rings (SSSR count). The normalized spacial score (nSPS) is 28.6. The van der Waals surface area contributed by atoms with Crippen LogP contribution < -0.4 is 4.74 Å². The molecule has 2 aliphatic heterocycles. The topological polar surface area (TPSA) is 21.7 Å². The van der Waals surface area contributed by atoms with Gasteiger partial charge in [-0.2, -0.15) is 0 Å². The van der Waals surface area contributed by atoms with Crippen LogP contribution in [0, 0.1) is 5.82 Å². The highest BCUT2D eigenvalue weighted by molar-refractivity contribution is 5.36. The van der Waals surface area contributed by atoms with Crippen molar-refractivity contribution < 1.29 is 13.9 Å². The monoisotopic (exact) mass is 251 g/mol. The minimum Gasteiger partial charge on any atom is -0.492 e. The van der Waals surface area contributed by atoms with E-state index in [0.29, 0.717) is 18.4 Å². The predicted octanol–water partition coefficient (Wildman–Crippen LogP) is 1.85. The molecule has 0 amide bonds. The van der Waals surface area contributed by atoms with Crippen LogP contribution in [-0.2, 0) is 11.2 Å². The van der Waals surface area contributed by atoms with Crippen molar-refractivity contribution in [1.82, 2.24) is 4.90 Å². The van der Waals surface area contributed by atoms with Crippen molar-refractivity contribution in [2.75, 3.05) is 26.3 Å². The highest BCUT2D eigenvalue weighted by Crippen LogP contribution is 2.27. The Labute approximate surface area is 106 Å². The van der Waals surface area contributed by atoms with Crippen LogP contribution in [0.4, 0.5) is 4.39 Å². The Morgan fingerprint density at radius 2 is 2.28 bits per heavy atom. The van der Waals surface area contributed by atoms with E-state index in [1.54, 1.807) is 0 Å².